The number of rotatable bonds is 6. The molecule has 1 amide bonds. The largest absolute Gasteiger partial charge is 0.384 e. The fourth-order valence-corrected chi connectivity index (χ4v) is 1.47. The average Bonchev–Trinajstić information content (AvgIpc) is 2.44. The monoisotopic (exact) mass is 277 g/mol. The standard InChI is InChI=1S/C15H19NO4/c1-12-5-6-14(10-13(12)4-3-7-17)16-15(18)11-20-9-8-19-2/h5-6,10,17H,7-9,11H2,1-2H3,(H,16,18). The molecule has 20 heavy (non-hydrogen) atoms. The summed E-state index contributed by atoms with van der Waals surface area (Å²) in [6, 6.07) is 5.43. The van der Waals surface area contributed by atoms with Crippen LogP contribution in [0.25, 0.3) is 0 Å². The van der Waals surface area contributed by atoms with Crippen molar-refractivity contribution < 1.29 is 19.4 Å². The molecule has 0 aliphatic rings. The molecule has 0 bridgehead atoms. The number of aliphatic hydroxyl groups excluding tert-OH is 1. The fraction of sp³-hybridized carbons (Fsp3) is 0.400. The number of hydrogen-bond donors (Lipinski definition) is 2. The van der Waals surface area contributed by atoms with E-state index in [1.165, 1.54) is 0 Å². The molecule has 108 valence electrons. The highest BCUT2D eigenvalue weighted by Gasteiger charge is 2.04. The summed E-state index contributed by atoms with van der Waals surface area (Å²) in [5, 5.41) is 11.4. The Balaban J connectivity index is 2.57. The number of amides is 1. The molecule has 1 rings (SSSR count). The number of nitrogens with one attached hydrogen (secondary N) is 1. The Morgan fingerprint density at radius 1 is 1.40 bits per heavy atom. The van der Waals surface area contributed by atoms with Gasteiger partial charge in [0.15, 0.2) is 0 Å². The summed E-state index contributed by atoms with van der Waals surface area (Å²) in [6.07, 6.45) is 0. The first-order valence-electron chi connectivity index (χ1n) is 6.24. The first-order chi connectivity index (χ1) is 9.67. The lowest BCUT2D eigenvalue weighted by molar-refractivity contribution is -0.121. The Labute approximate surface area is 118 Å². The van der Waals surface area contributed by atoms with Crippen molar-refractivity contribution in [2.75, 3.05) is 38.9 Å². The smallest absolute Gasteiger partial charge is 0.250 e. The van der Waals surface area contributed by atoms with Gasteiger partial charge in [-0.05, 0) is 24.6 Å². The van der Waals surface area contributed by atoms with Crippen molar-refractivity contribution in [3.05, 3.63) is 29.3 Å². The number of anilines is 1. The number of benzene rings is 1. The van der Waals surface area contributed by atoms with E-state index >= 15 is 0 Å². The molecule has 1 aromatic rings. The van der Waals surface area contributed by atoms with Crippen LogP contribution in [0.4, 0.5) is 5.69 Å². The molecule has 2 N–H and O–H groups in total. The van der Waals surface area contributed by atoms with Crippen LogP contribution in [-0.2, 0) is 14.3 Å². The van der Waals surface area contributed by atoms with Crippen LogP contribution in [0.5, 0.6) is 0 Å². The van der Waals surface area contributed by atoms with Crippen molar-refractivity contribution in [3.8, 4) is 11.8 Å². The molecule has 0 aliphatic carbocycles. The molecular formula is C15H19NO4. The van der Waals surface area contributed by atoms with Gasteiger partial charge in [0.05, 0.1) is 13.2 Å². The summed E-state index contributed by atoms with van der Waals surface area (Å²) >= 11 is 0. The van der Waals surface area contributed by atoms with Crippen LogP contribution >= 0.6 is 0 Å². The normalized spacial score (nSPS) is 9.75. The molecule has 0 unspecified atom stereocenters. The van der Waals surface area contributed by atoms with Crippen LogP contribution < -0.4 is 5.32 Å². The van der Waals surface area contributed by atoms with E-state index in [4.69, 9.17) is 14.6 Å². The molecule has 5 heteroatoms. The molecule has 1 aromatic carbocycles. The first kappa shape index (κ1) is 16.2. The molecule has 0 aromatic heterocycles. The summed E-state index contributed by atoms with van der Waals surface area (Å²) in [4.78, 5) is 11.6. The van der Waals surface area contributed by atoms with Gasteiger partial charge in [0.1, 0.15) is 13.2 Å². The Morgan fingerprint density at radius 2 is 2.20 bits per heavy atom. The number of aliphatic hydroxyl groups is 1. The van der Waals surface area contributed by atoms with Crippen molar-refractivity contribution in [3.63, 3.8) is 0 Å². The highest BCUT2D eigenvalue weighted by atomic mass is 16.5. The van der Waals surface area contributed by atoms with Gasteiger partial charge in [-0.1, -0.05) is 17.9 Å². The maximum absolute atomic E-state index is 11.6. The van der Waals surface area contributed by atoms with Gasteiger partial charge >= 0.3 is 0 Å². The molecule has 0 atom stereocenters. The maximum atomic E-state index is 11.6. The molecule has 0 aliphatic heterocycles. The van der Waals surface area contributed by atoms with E-state index in [0.717, 1.165) is 11.1 Å². The zero-order valence-electron chi connectivity index (χ0n) is 11.7. The van der Waals surface area contributed by atoms with E-state index in [2.05, 4.69) is 17.2 Å². The van der Waals surface area contributed by atoms with Crippen molar-refractivity contribution in [2.45, 2.75) is 6.92 Å². The number of methoxy groups -OCH3 is 1. The number of hydrogen-bond acceptors (Lipinski definition) is 4. The van der Waals surface area contributed by atoms with Crippen LogP contribution in [0.15, 0.2) is 18.2 Å². The van der Waals surface area contributed by atoms with Gasteiger partial charge in [-0.2, -0.15) is 0 Å². The van der Waals surface area contributed by atoms with Crippen molar-refractivity contribution >= 4 is 11.6 Å². The summed E-state index contributed by atoms with van der Waals surface area (Å²) in [5.74, 6) is 5.20. The van der Waals surface area contributed by atoms with Crippen molar-refractivity contribution in [2.24, 2.45) is 0 Å². The zero-order chi connectivity index (χ0) is 14.8. The minimum Gasteiger partial charge on any atom is -0.384 e. The summed E-state index contributed by atoms with van der Waals surface area (Å²) in [6.45, 7) is 2.54. The Hall–Kier alpha value is -1.87. The summed E-state index contributed by atoms with van der Waals surface area (Å²) in [7, 11) is 1.57. The van der Waals surface area contributed by atoms with Crippen LogP contribution in [0, 0.1) is 18.8 Å². The van der Waals surface area contributed by atoms with Crippen molar-refractivity contribution in [1.29, 1.82) is 0 Å². The summed E-state index contributed by atoms with van der Waals surface area (Å²) < 4.78 is 9.94. The zero-order valence-corrected chi connectivity index (χ0v) is 11.7. The lowest BCUT2D eigenvalue weighted by atomic mass is 10.1. The number of carbonyl (C=O) groups excluding carboxylic acids is 1. The summed E-state index contributed by atoms with van der Waals surface area (Å²) in [5.41, 5.74) is 2.41. The van der Waals surface area contributed by atoms with Crippen LogP contribution in [0.2, 0.25) is 0 Å². The second-order valence-electron chi connectivity index (χ2n) is 4.08. The lowest BCUT2D eigenvalue weighted by Gasteiger charge is -2.07. The van der Waals surface area contributed by atoms with Crippen molar-refractivity contribution in [1.82, 2.24) is 0 Å². The Bertz CT molecular complexity index is 502. The number of carbonyl (C=O) groups is 1. The van der Waals surface area contributed by atoms with Crippen LogP contribution in [0.3, 0.4) is 0 Å². The predicted molar refractivity (Wildman–Crippen MR) is 76.5 cm³/mol. The second-order valence-corrected chi connectivity index (χ2v) is 4.08. The third-order valence-electron chi connectivity index (χ3n) is 2.49. The molecule has 0 saturated carbocycles. The number of ether oxygens (including phenoxy) is 2. The van der Waals surface area contributed by atoms with E-state index in [-0.39, 0.29) is 19.1 Å². The minimum atomic E-state index is -0.231. The molecule has 0 fully saturated rings. The van der Waals surface area contributed by atoms with Gasteiger partial charge in [-0.25, -0.2) is 0 Å². The Kier molecular flexibility index (Phi) is 7.36. The second kappa shape index (κ2) is 9.10. The molecule has 0 spiro atoms. The number of aryl methyl sites for hydroxylation is 1. The highest BCUT2D eigenvalue weighted by molar-refractivity contribution is 5.91. The quantitative estimate of drug-likeness (QED) is 0.600. The van der Waals surface area contributed by atoms with Crippen LogP contribution in [0.1, 0.15) is 11.1 Å². The third kappa shape index (κ3) is 5.85. The van der Waals surface area contributed by atoms with E-state index < -0.39 is 0 Å². The molecule has 5 nitrogen and oxygen atoms in total. The van der Waals surface area contributed by atoms with Gasteiger partial charge < -0.3 is 19.9 Å². The molecule has 0 heterocycles. The van der Waals surface area contributed by atoms with Gasteiger partial charge in [0.25, 0.3) is 0 Å². The topological polar surface area (TPSA) is 67.8 Å². The van der Waals surface area contributed by atoms with E-state index in [1.54, 1.807) is 19.2 Å². The van der Waals surface area contributed by atoms with E-state index in [1.807, 2.05) is 13.0 Å². The van der Waals surface area contributed by atoms with Crippen LogP contribution in [-0.4, -0.2) is 44.6 Å². The highest BCUT2D eigenvalue weighted by Crippen LogP contribution is 2.14. The SMILES string of the molecule is COCCOCC(=O)Nc1ccc(C)c(C#CCO)c1. The predicted octanol–water partition coefficient (Wildman–Crippen LogP) is 0.940. The first-order valence-corrected chi connectivity index (χ1v) is 6.24. The molecule has 0 saturated heterocycles. The van der Waals surface area contributed by atoms with E-state index in [9.17, 15) is 4.79 Å². The lowest BCUT2D eigenvalue weighted by Crippen LogP contribution is -2.19. The fourth-order valence-electron chi connectivity index (χ4n) is 1.47. The van der Waals surface area contributed by atoms with Gasteiger partial charge in [-0.15, -0.1) is 0 Å². The molecular weight excluding hydrogens is 258 g/mol. The maximum Gasteiger partial charge on any atom is 0.250 e. The van der Waals surface area contributed by atoms with Gasteiger partial charge in [0.2, 0.25) is 5.91 Å². The molecule has 0 radical (unpaired) electrons. The Morgan fingerprint density at radius 3 is 2.90 bits per heavy atom. The average molecular weight is 277 g/mol. The van der Waals surface area contributed by atoms with Gasteiger partial charge in [0, 0.05) is 18.4 Å². The van der Waals surface area contributed by atoms with E-state index in [0.29, 0.717) is 18.9 Å². The third-order valence-corrected chi connectivity index (χ3v) is 2.49. The van der Waals surface area contributed by atoms with Gasteiger partial charge in [-0.3, -0.25) is 4.79 Å². The minimum absolute atomic E-state index is 0.0190.